The molecular formula is C9H13N. The number of rotatable bonds is 1. The lowest BCUT2D eigenvalue weighted by atomic mass is 10.1. The lowest BCUT2D eigenvalue weighted by Crippen LogP contribution is -1.93. The van der Waals surface area contributed by atoms with Gasteiger partial charge in [-0.25, -0.2) is 0 Å². The highest BCUT2D eigenvalue weighted by molar-refractivity contribution is 5.54. The van der Waals surface area contributed by atoms with Gasteiger partial charge in [0.2, 0.25) is 0 Å². The zero-order valence-corrected chi connectivity index (χ0v) is 6.60. The van der Waals surface area contributed by atoms with E-state index in [9.17, 15) is 0 Å². The third-order valence-corrected chi connectivity index (χ3v) is 1.64. The highest BCUT2D eigenvalue weighted by Crippen LogP contribution is 2.17. The van der Waals surface area contributed by atoms with E-state index in [0.717, 1.165) is 11.1 Å². The number of nitrogens with two attached hydrogens (primary N) is 1. The maximum atomic E-state index is 7.17. The number of hydrogen-bond acceptors (Lipinski definition) is 1. The van der Waals surface area contributed by atoms with Crippen molar-refractivity contribution in [3.8, 4) is 0 Å². The van der Waals surface area contributed by atoms with Crippen LogP contribution in [0.25, 0.3) is 0 Å². The van der Waals surface area contributed by atoms with E-state index in [1.54, 1.807) is 0 Å². The summed E-state index contributed by atoms with van der Waals surface area (Å²) in [7, 11) is 0. The molecule has 1 nitrogen and oxygen atoms in total. The van der Waals surface area contributed by atoms with Crippen LogP contribution < -0.4 is 5.72 Å². The summed E-state index contributed by atoms with van der Waals surface area (Å²) >= 11 is 0. The standard InChI is InChI=1S/C9H13N/c1-6-4-7(2)9(10)8(3)5-6/h4-5H,10H2,1-3H3/i/hD2. The molecule has 0 heterocycles. The highest BCUT2D eigenvalue weighted by Gasteiger charge is 1.96. The van der Waals surface area contributed by atoms with Gasteiger partial charge in [0, 0.05) is 5.69 Å². The zero-order chi connectivity index (χ0) is 9.30. The van der Waals surface area contributed by atoms with Gasteiger partial charge in [-0.15, -0.1) is 0 Å². The van der Waals surface area contributed by atoms with Crippen LogP contribution in [0.15, 0.2) is 12.1 Å². The van der Waals surface area contributed by atoms with Crippen molar-refractivity contribution in [3.05, 3.63) is 28.8 Å². The molecule has 0 saturated carbocycles. The third-order valence-electron chi connectivity index (χ3n) is 1.64. The molecule has 10 heavy (non-hydrogen) atoms. The van der Waals surface area contributed by atoms with Crippen LogP contribution in [0.5, 0.6) is 0 Å². The molecule has 0 aliphatic carbocycles. The Hall–Kier alpha value is -0.980. The molecule has 0 aliphatic rings. The summed E-state index contributed by atoms with van der Waals surface area (Å²) in [5, 5.41) is 0. The molecule has 0 aliphatic heterocycles. The molecule has 0 unspecified atom stereocenters. The van der Waals surface area contributed by atoms with Crippen molar-refractivity contribution in [2.24, 2.45) is 0 Å². The van der Waals surface area contributed by atoms with Gasteiger partial charge in [0.25, 0.3) is 0 Å². The highest BCUT2D eigenvalue weighted by atomic mass is 14.6. The number of aryl methyl sites for hydroxylation is 3. The van der Waals surface area contributed by atoms with Crippen LogP contribution in [0.3, 0.4) is 0 Å². The van der Waals surface area contributed by atoms with Gasteiger partial charge < -0.3 is 5.72 Å². The molecule has 2 N–H and O–H groups in total. The lowest BCUT2D eigenvalue weighted by Gasteiger charge is -2.04. The first-order chi connectivity index (χ1) is 5.52. The van der Waals surface area contributed by atoms with E-state index in [1.807, 2.05) is 32.9 Å². The second-order valence-corrected chi connectivity index (χ2v) is 2.75. The lowest BCUT2D eigenvalue weighted by molar-refractivity contribution is 1.33. The van der Waals surface area contributed by atoms with Crippen molar-refractivity contribution < 1.29 is 2.82 Å². The van der Waals surface area contributed by atoms with Crippen molar-refractivity contribution in [1.29, 1.82) is 0 Å². The van der Waals surface area contributed by atoms with Crippen LogP contribution in [0.1, 0.15) is 16.7 Å². The molecule has 1 aromatic rings. The van der Waals surface area contributed by atoms with E-state index in [2.05, 4.69) is 0 Å². The van der Waals surface area contributed by atoms with Gasteiger partial charge in [-0.1, -0.05) is 17.7 Å². The summed E-state index contributed by atoms with van der Waals surface area (Å²) in [6, 6.07) is 3.97. The van der Waals surface area contributed by atoms with Crippen molar-refractivity contribution in [3.63, 3.8) is 0 Å². The average molecular weight is 137 g/mol. The van der Waals surface area contributed by atoms with Crippen molar-refractivity contribution in [2.75, 3.05) is 5.72 Å². The van der Waals surface area contributed by atoms with Crippen LogP contribution in [-0.2, 0) is 0 Å². The second kappa shape index (κ2) is 2.33. The van der Waals surface area contributed by atoms with Crippen molar-refractivity contribution >= 4 is 5.69 Å². The van der Waals surface area contributed by atoms with E-state index in [4.69, 9.17) is 2.82 Å². The molecule has 0 amide bonds. The van der Waals surface area contributed by atoms with Gasteiger partial charge in [-0.3, -0.25) is 0 Å². The molecule has 1 rings (SSSR count). The molecule has 0 saturated heterocycles. The van der Waals surface area contributed by atoms with Crippen LogP contribution in [0.2, 0.25) is 2.82 Å². The Morgan fingerprint density at radius 2 is 1.70 bits per heavy atom. The summed E-state index contributed by atoms with van der Waals surface area (Å²) in [4.78, 5) is 0. The van der Waals surface area contributed by atoms with Gasteiger partial charge in [0.05, 0.1) is 0 Å². The third kappa shape index (κ3) is 1.13. The minimum absolute atomic E-state index is 0.671. The molecule has 0 fully saturated rings. The van der Waals surface area contributed by atoms with Crippen LogP contribution in [0.4, 0.5) is 5.69 Å². The monoisotopic (exact) mass is 137 g/mol. The van der Waals surface area contributed by atoms with Crippen molar-refractivity contribution in [1.82, 2.24) is 0 Å². The van der Waals surface area contributed by atoms with Crippen LogP contribution in [-0.4, -0.2) is 0 Å². The van der Waals surface area contributed by atoms with E-state index in [1.165, 1.54) is 5.56 Å². The smallest absolute Gasteiger partial charge is 0.156 e. The van der Waals surface area contributed by atoms with Crippen LogP contribution in [0, 0.1) is 20.8 Å². The van der Waals surface area contributed by atoms with E-state index in [-0.39, 0.29) is 0 Å². The largest absolute Gasteiger partial charge is 0.398 e. The quantitative estimate of drug-likeness (QED) is 0.590. The predicted octanol–water partition coefficient (Wildman–Crippen LogP) is 2.19. The fourth-order valence-electron chi connectivity index (χ4n) is 1.17. The Morgan fingerprint density at radius 3 is 2.10 bits per heavy atom. The SMILES string of the molecule is [2H]N([2H])c1c(C)cc(C)cc1C. The second-order valence-electron chi connectivity index (χ2n) is 2.75. The Bertz CT molecular complexity index is 272. The Balaban J connectivity index is 3.28. The molecule has 1 aromatic carbocycles. The molecule has 54 valence electrons. The number of nitrogen functional groups attached to an aromatic ring is 1. The van der Waals surface area contributed by atoms with E-state index >= 15 is 0 Å². The van der Waals surface area contributed by atoms with E-state index < -0.39 is 0 Å². The minimum Gasteiger partial charge on any atom is -0.398 e. The molecule has 0 radical (unpaired) electrons. The summed E-state index contributed by atoms with van der Waals surface area (Å²) in [5.74, 6) is 0. The first-order valence-electron chi connectivity index (χ1n) is 4.27. The Morgan fingerprint density at radius 1 is 1.20 bits per heavy atom. The van der Waals surface area contributed by atoms with Gasteiger partial charge in [-0.2, -0.15) is 0 Å². The molecular weight excluding hydrogens is 122 g/mol. The number of anilines is 1. The van der Waals surface area contributed by atoms with Gasteiger partial charge in [0.1, 0.15) is 0 Å². The number of hydrogen-bond donors (Lipinski definition) is 1. The normalized spacial score (nSPS) is 12.3. The fourth-order valence-corrected chi connectivity index (χ4v) is 1.17. The van der Waals surface area contributed by atoms with Gasteiger partial charge in [0.15, 0.2) is 2.82 Å². The summed E-state index contributed by atoms with van der Waals surface area (Å²) in [5.41, 5.74) is 4.50. The van der Waals surface area contributed by atoms with E-state index in [0.29, 0.717) is 11.4 Å². The van der Waals surface area contributed by atoms with Gasteiger partial charge in [-0.05, 0) is 31.9 Å². The fraction of sp³-hybridized carbons (Fsp3) is 0.333. The maximum Gasteiger partial charge on any atom is 0.156 e. The molecule has 0 atom stereocenters. The molecule has 0 aromatic heterocycles. The molecule has 0 bridgehead atoms. The first kappa shape index (κ1) is 4.78. The summed E-state index contributed by atoms with van der Waals surface area (Å²) < 4.78 is 14.3. The predicted molar refractivity (Wildman–Crippen MR) is 45.1 cm³/mol. The maximum absolute atomic E-state index is 7.17. The minimum atomic E-state index is 0.671. The van der Waals surface area contributed by atoms with Gasteiger partial charge >= 0.3 is 0 Å². The Labute approximate surface area is 64.8 Å². The Kier molecular flexibility index (Phi) is 1.11. The van der Waals surface area contributed by atoms with Crippen molar-refractivity contribution in [2.45, 2.75) is 20.8 Å². The molecule has 0 spiro atoms. The zero-order valence-electron chi connectivity index (χ0n) is 8.60. The topological polar surface area (TPSA) is 26.0 Å². The molecule has 1 heteroatoms. The number of benzene rings is 1. The first-order valence-corrected chi connectivity index (χ1v) is 3.38. The van der Waals surface area contributed by atoms with Crippen LogP contribution >= 0.6 is 0 Å². The average Bonchev–Trinajstić information content (AvgIpc) is 1.82. The summed E-state index contributed by atoms with van der Waals surface area (Å²) in [6.07, 6.45) is 0. The summed E-state index contributed by atoms with van der Waals surface area (Å²) in [6.45, 7) is 5.86.